The van der Waals surface area contributed by atoms with Gasteiger partial charge in [0.05, 0.1) is 34.5 Å². The van der Waals surface area contributed by atoms with Crippen LogP contribution in [0.5, 0.6) is 5.75 Å². The van der Waals surface area contributed by atoms with Gasteiger partial charge in [0.15, 0.2) is 11.5 Å². The topological polar surface area (TPSA) is 98.5 Å². The van der Waals surface area contributed by atoms with Gasteiger partial charge in [-0.05, 0) is 31.2 Å². The van der Waals surface area contributed by atoms with Crippen LogP contribution < -0.4 is 10.1 Å². The van der Waals surface area contributed by atoms with Crippen LogP contribution in [0.1, 0.15) is 33.2 Å². The third kappa shape index (κ3) is 2.76. The zero-order valence-corrected chi connectivity index (χ0v) is 13.5. The molecule has 0 spiro atoms. The fourth-order valence-electron chi connectivity index (χ4n) is 2.80. The second-order valence-electron chi connectivity index (χ2n) is 5.45. The standard InChI is InChI=1S/C18H14N2O5/c1-10(21)12-6-4-7-13-16(12)18(22)14(19-13)9-11-5-3-8-15(25-2)17(11)20(23)24/h3-9,19H,1-2H3. The molecule has 1 aliphatic rings. The number of ketones is 2. The molecule has 0 amide bonds. The first-order valence-electron chi connectivity index (χ1n) is 7.42. The molecule has 0 saturated heterocycles. The van der Waals surface area contributed by atoms with Crippen LogP contribution in [0.25, 0.3) is 6.08 Å². The number of methoxy groups -OCH3 is 1. The van der Waals surface area contributed by atoms with Crippen LogP contribution in [0, 0.1) is 10.1 Å². The molecule has 3 rings (SSSR count). The molecule has 0 bridgehead atoms. The first-order valence-corrected chi connectivity index (χ1v) is 7.42. The van der Waals surface area contributed by atoms with E-state index in [9.17, 15) is 19.7 Å². The number of rotatable bonds is 4. The van der Waals surface area contributed by atoms with Crippen molar-refractivity contribution in [3.63, 3.8) is 0 Å². The second kappa shape index (κ2) is 6.20. The van der Waals surface area contributed by atoms with Gasteiger partial charge in [0.1, 0.15) is 0 Å². The molecule has 0 saturated carbocycles. The molecule has 0 unspecified atom stereocenters. The number of carbonyl (C=O) groups is 2. The zero-order valence-electron chi connectivity index (χ0n) is 13.5. The van der Waals surface area contributed by atoms with Gasteiger partial charge >= 0.3 is 5.69 Å². The van der Waals surface area contributed by atoms with Crippen molar-refractivity contribution in [3.8, 4) is 5.75 Å². The Bertz CT molecular complexity index is 946. The molecule has 7 heteroatoms. The van der Waals surface area contributed by atoms with E-state index >= 15 is 0 Å². The zero-order chi connectivity index (χ0) is 18.1. The van der Waals surface area contributed by atoms with E-state index < -0.39 is 4.92 Å². The number of para-hydroxylation sites is 1. The van der Waals surface area contributed by atoms with E-state index in [0.717, 1.165) is 0 Å². The van der Waals surface area contributed by atoms with Crippen molar-refractivity contribution in [2.75, 3.05) is 12.4 Å². The average molecular weight is 338 g/mol. The Labute approximate surface area is 143 Å². The predicted octanol–water partition coefficient (Wildman–Crippen LogP) is 3.46. The Morgan fingerprint density at radius 3 is 2.60 bits per heavy atom. The lowest BCUT2D eigenvalue weighted by atomic mass is 10.00. The van der Waals surface area contributed by atoms with E-state index in [2.05, 4.69) is 5.32 Å². The van der Waals surface area contributed by atoms with E-state index in [1.54, 1.807) is 24.3 Å². The highest BCUT2D eigenvalue weighted by molar-refractivity contribution is 6.24. The number of benzene rings is 2. The summed E-state index contributed by atoms with van der Waals surface area (Å²) in [5.74, 6) is -0.495. The fraction of sp³-hybridized carbons (Fsp3) is 0.111. The van der Waals surface area contributed by atoms with Gasteiger partial charge in [-0.2, -0.15) is 0 Å². The number of nitrogens with zero attached hydrogens (tertiary/aromatic N) is 1. The van der Waals surface area contributed by atoms with Crippen LogP contribution in [0.4, 0.5) is 11.4 Å². The van der Waals surface area contributed by atoms with Crippen LogP contribution in [-0.4, -0.2) is 23.6 Å². The summed E-state index contributed by atoms with van der Waals surface area (Å²) in [7, 11) is 1.34. The number of carbonyl (C=O) groups excluding carboxylic acids is 2. The number of ether oxygens (including phenoxy) is 1. The summed E-state index contributed by atoms with van der Waals surface area (Å²) in [5, 5.41) is 14.3. The second-order valence-corrected chi connectivity index (χ2v) is 5.45. The van der Waals surface area contributed by atoms with Crippen LogP contribution in [-0.2, 0) is 0 Å². The maximum Gasteiger partial charge on any atom is 0.318 e. The minimum atomic E-state index is -0.557. The molecular formula is C18H14N2O5. The summed E-state index contributed by atoms with van der Waals surface area (Å²) < 4.78 is 5.03. The van der Waals surface area contributed by atoms with Crippen molar-refractivity contribution in [1.29, 1.82) is 0 Å². The third-order valence-corrected chi connectivity index (χ3v) is 3.92. The van der Waals surface area contributed by atoms with Crippen LogP contribution in [0.3, 0.4) is 0 Å². The first-order chi connectivity index (χ1) is 11.9. The molecule has 1 heterocycles. The Hall–Kier alpha value is -3.48. The van der Waals surface area contributed by atoms with Gasteiger partial charge in [0, 0.05) is 5.56 Å². The van der Waals surface area contributed by atoms with Gasteiger partial charge in [-0.25, -0.2) is 0 Å². The number of fused-ring (bicyclic) bond motifs is 1. The van der Waals surface area contributed by atoms with Crippen molar-refractivity contribution in [3.05, 3.63) is 68.9 Å². The number of nitrogens with one attached hydrogen (secondary N) is 1. The summed E-state index contributed by atoms with van der Waals surface area (Å²) in [6.07, 6.45) is 1.40. The number of hydrogen-bond donors (Lipinski definition) is 1. The molecule has 0 aromatic heterocycles. The number of nitro benzene ring substituents is 1. The van der Waals surface area contributed by atoms with Gasteiger partial charge in [0.2, 0.25) is 5.78 Å². The number of Topliss-reactive ketones (excluding diaryl/α,β-unsaturated/α-hetero) is 2. The quantitative estimate of drug-likeness (QED) is 0.397. The minimum absolute atomic E-state index is 0.103. The molecule has 0 radical (unpaired) electrons. The van der Waals surface area contributed by atoms with Crippen molar-refractivity contribution in [1.82, 2.24) is 0 Å². The highest BCUT2D eigenvalue weighted by atomic mass is 16.6. The number of hydrogen-bond acceptors (Lipinski definition) is 6. The lowest BCUT2D eigenvalue weighted by Gasteiger charge is -2.05. The highest BCUT2D eigenvalue weighted by Crippen LogP contribution is 2.35. The molecule has 1 aliphatic heterocycles. The Morgan fingerprint density at radius 2 is 1.96 bits per heavy atom. The number of anilines is 1. The van der Waals surface area contributed by atoms with Crippen molar-refractivity contribution in [2.45, 2.75) is 6.92 Å². The van der Waals surface area contributed by atoms with Gasteiger partial charge in [-0.1, -0.05) is 18.2 Å². The van der Waals surface area contributed by atoms with E-state index in [-0.39, 0.29) is 39.8 Å². The Kier molecular flexibility index (Phi) is 4.06. The monoisotopic (exact) mass is 338 g/mol. The first kappa shape index (κ1) is 16.4. The smallest absolute Gasteiger partial charge is 0.318 e. The van der Waals surface area contributed by atoms with Crippen LogP contribution in [0.15, 0.2) is 42.1 Å². The number of allylic oxidation sites excluding steroid dienone is 1. The van der Waals surface area contributed by atoms with Crippen molar-refractivity contribution in [2.24, 2.45) is 0 Å². The highest BCUT2D eigenvalue weighted by Gasteiger charge is 2.30. The molecule has 25 heavy (non-hydrogen) atoms. The summed E-state index contributed by atoms with van der Waals surface area (Å²) in [6.45, 7) is 1.39. The van der Waals surface area contributed by atoms with E-state index in [0.29, 0.717) is 11.3 Å². The number of nitro groups is 1. The van der Waals surface area contributed by atoms with Crippen LogP contribution >= 0.6 is 0 Å². The van der Waals surface area contributed by atoms with E-state index in [1.807, 2.05) is 0 Å². The van der Waals surface area contributed by atoms with Crippen molar-refractivity contribution < 1.29 is 19.2 Å². The lowest BCUT2D eigenvalue weighted by molar-refractivity contribution is -0.386. The van der Waals surface area contributed by atoms with E-state index in [1.165, 1.54) is 32.2 Å². The summed E-state index contributed by atoms with van der Waals surface area (Å²) >= 11 is 0. The van der Waals surface area contributed by atoms with Gasteiger partial charge in [-0.3, -0.25) is 19.7 Å². The fourth-order valence-corrected chi connectivity index (χ4v) is 2.80. The minimum Gasteiger partial charge on any atom is -0.490 e. The molecule has 7 nitrogen and oxygen atoms in total. The summed E-state index contributed by atoms with van der Waals surface area (Å²) in [6, 6.07) is 9.54. The molecule has 0 atom stereocenters. The van der Waals surface area contributed by atoms with Gasteiger partial charge < -0.3 is 10.1 Å². The van der Waals surface area contributed by atoms with Gasteiger partial charge in [-0.15, -0.1) is 0 Å². The van der Waals surface area contributed by atoms with Crippen molar-refractivity contribution >= 4 is 29.0 Å². The molecule has 0 aliphatic carbocycles. The molecule has 126 valence electrons. The van der Waals surface area contributed by atoms with E-state index in [4.69, 9.17) is 4.74 Å². The Balaban J connectivity index is 2.11. The molecule has 2 aromatic carbocycles. The largest absolute Gasteiger partial charge is 0.490 e. The maximum absolute atomic E-state index is 12.7. The van der Waals surface area contributed by atoms with Crippen LogP contribution in [0.2, 0.25) is 0 Å². The third-order valence-electron chi connectivity index (χ3n) is 3.92. The lowest BCUT2D eigenvalue weighted by Crippen LogP contribution is -2.05. The normalized spacial score (nSPS) is 14.2. The van der Waals surface area contributed by atoms with Gasteiger partial charge in [0.25, 0.3) is 0 Å². The molecule has 0 fully saturated rings. The predicted molar refractivity (Wildman–Crippen MR) is 92.0 cm³/mol. The summed E-state index contributed by atoms with van der Waals surface area (Å²) in [5.41, 5.74) is 1.28. The average Bonchev–Trinajstić information content (AvgIpc) is 2.90. The maximum atomic E-state index is 12.7. The molecule has 2 aromatic rings. The SMILES string of the molecule is COc1cccc(C=C2Nc3cccc(C(C)=O)c3C2=O)c1[N+](=O)[O-]. The summed E-state index contributed by atoms with van der Waals surface area (Å²) in [4.78, 5) is 35.2. The Morgan fingerprint density at radius 1 is 1.24 bits per heavy atom. The molecular weight excluding hydrogens is 324 g/mol. The molecule has 1 N–H and O–H groups in total.